The SMILES string of the molecule is CN(C)c1ccc(NC(=O)C2CCN(C(=O)c3ccoc3)CC2)cc1. The molecule has 0 bridgehead atoms. The van der Waals surface area contributed by atoms with Gasteiger partial charge in [-0.3, -0.25) is 9.59 Å². The largest absolute Gasteiger partial charge is 0.472 e. The summed E-state index contributed by atoms with van der Waals surface area (Å²) in [6.07, 6.45) is 4.30. The number of furan rings is 1. The van der Waals surface area contributed by atoms with Crippen molar-refractivity contribution < 1.29 is 14.0 Å². The van der Waals surface area contributed by atoms with Crippen LogP contribution in [0.4, 0.5) is 11.4 Å². The molecule has 1 aromatic carbocycles. The monoisotopic (exact) mass is 341 g/mol. The maximum Gasteiger partial charge on any atom is 0.257 e. The third-order valence-electron chi connectivity index (χ3n) is 4.57. The van der Waals surface area contributed by atoms with Gasteiger partial charge < -0.3 is 19.5 Å². The van der Waals surface area contributed by atoms with Crippen LogP contribution in [-0.4, -0.2) is 43.9 Å². The lowest BCUT2D eigenvalue weighted by molar-refractivity contribution is -0.121. The van der Waals surface area contributed by atoms with Gasteiger partial charge in [-0.1, -0.05) is 0 Å². The van der Waals surface area contributed by atoms with Crippen LogP contribution >= 0.6 is 0 Å². The number of rotatable bonds is 4. The zero-order valence-electron chi connectivity index (χ0n) is 14.6. The molecule has 1 aliphatic heterocycles. The molecule has 1 fully saturated rings. The number of nitrogens with zero attached hydrogens (tertiary/aromatic N) is 2. The van der Waals surface area contributed by atoms with Crippen LogP contribution in [0.25, 0.3) is 0 Å². The fourth-order valence-corrected chi connectivity index (χ4v) is 3.00. The molecule has 0 atom stereocenters. The Balaban J connectivity index is 1.52. The van der Waals surface area contributed by atoms with Crippen LogP contribution < -0.4 is 10.2 Å². The summed E-state index contributed by atoms with van der Waals surface area (Å²) in [5.74, 6) is -0.0816. The first-order valence-corrected chi connectivity index (χ1v) is 8.44. The van der Waals surface area contributed by atoms with Crippen molar-refractivity contribution in [2.24, 2.45) is 5.92 Å². The van der Waals surface area contributed by atoms with Crippen molar-refractivity contribution in [3.63, 3.8) is 0 Å². The van der Waals surface area contributed by atoms with Crippen LogP contribution in [0.1, 0.15) is 23.2 Å². The molecule has 6 nitrogen and oxygen atoms in total. The van der Waals surface area contributed by atoms with Gasteiger partial charge in [-0.25, -0.2) is 0 Å². The Labute approximate surface area is 147 Å². The minimum Gasteiger partial charge on any atom is -0.472 e. The number of piperidine rings is 1. The van der Waals surface area contributed by atoms with Crippen molar-refractivity contribution in [2.45, 2.75) is 12.8 Å². The van der Waals surface area contributed by atoms with Crippen molar-refractivity contribution in [3.05, 3.63) is 48.4 Å². The Morgan fingerprint density at radius 1 is 1.12 bits per heavy atom. The van der Waals surface area contributed by atoms with Crippen LogP contribution in [0.2, 0.25) is 0 Å². The first-order valence-electron chi connectivity index (χ1n) is 8.44. The Hall–Kier alpha value is -2.76. The van der Waals surface area contributed by atoms with Gasteiger partial charge in [0.15, 0.2) is 0 Å². The zero-order valence-corrected chi connectivity index (χ0v) is 14.6. The number of hydrogen-bond donors (Lipinski definition) is 1. The molecule has 132 valence electrons. The highest BCUT2D eigenvalue weighted by atomic mass is 16.3. The predicted molar refractivity (Wildman–Crippen MR) is 96.7 cm³/mol. The second-order valence-electron chi connectivity index (χ2n) is 6.51. The smallest absolute Gasteiger partial charge is 0.257 e. The molecular weight excluding hydrogens is 318 g/mol. The Kier molecular flexibility index (Phi) is 5.07. The first kappa shape index (κ1) is 17.1. The van der Waals surface area contributed by atoms with Crippen LogP contribution in [-0.2, 0) is 4.79 Å². The van der Waals surface area contributed by atoms with E-state index in [9.17, 15) is 9.59 Å². The van der Waals surface area contributed by atoms with Gasteiger partial charge in [-0.05, 0) is 43.2 Å². The molecule has 1 N–H and O–H groups in total. The van der Waals surface area contributed by atoms with Crippen LogP contribution in [0.3, 0.4) is 0 Å². The lowest BCUT2D eigenvalue weighted by Crippen LogP contribution is -2.41. The molecule has 2 heterocycles. The van der Waals surface area contributed by atoms with Gasteiger partial charge in [0.2, 0.25) is 5.91 Å². The maximum atomic E-state index is 12.5. The third-order valence-corrected chi connectivity index (χ3v) is 4.57. The summed E-state index contributed by atoms with van der Waals surface area (Å²) in [5.41, 5.74) is 2.44. The topological polar surface area (TPSA) is 65.8 Å². The molecule has 6 heteroatoms. The van der Waals surface area contributed by atoms with Crippen molar-refractivity contribution in [1.29, 1.82) is 0 Å². The van der Waals surface area contributed by atoms with E-state index in [1.807, 2.05) is 43.3 Å². The average molecular weight is 341 g/mol. The molecule has 25 heavy (non-hydrogen) atoms. The number of likely N-dealkylation sites (tertiary alicyclic amines) is 1. The number of nitrogens with one attached hydrogen (secondary N) is 1. The van der Waals surface area contributed by atoms with Crippen molar-refractivity contribution >= 4 is 23.2 Å². The molecule has 0 radical (unpaired) electrons. The molecule has 3 rings (SSSR count). The molecule has 0 unspecified atom stereocenters. The van der Waals surface area contributed by atoms with Crippen LogP contribution in [0.5, 0.6) is 0 Å². The molecule has 2 aromatic rings. The third kappa shape index (κ3) is 4.02. The van der Waals surface area contributed by atoms with E-state index in [1.54, 1.807) is 11.0 Å². The maximum absolute atomic E-state index is 12.5. The lowest BCUT2D eigenvalue weighted by Gasteiger charge is -2.31. The Bertz CT molecular complexity index is 715. The summed E-state index contributed by atoms with van der Waals surface area (Å²) >= 11 is 0. The normalized spacial score (nSPS) is 15.0. The molecule has 1 saturated heterocycles. The van der Waals surface area contributed by atoms with Gasteiger partial charge in [0, 0.05) is 44.5 Å². The van der Waals surface area contributed by atoms with Gasteiger partial charge in [0.1, 0.15) is 6.26 Å². The van der Waals surface area contributed by atoms with E-state index in [2.05, 4.69) is 5.32 Å². The van der Waals surface area contributed by atoms with E-state index in [-0.39, 0.29) is 17.7 Å². The van der Waals surface area contributed by atoms with Crippen LogP contribution in [0, 0.1) is 5.92 Å². The quantitative estimate of drug-likeness (QED) is 0.929. The molecule has 2 amide bonds. The fraction of sp³-hybridized carbons (Fsp3) is 0.368. The fourth-order valence-electron chi connectivity index (χ4n) is 3.00. The Morgan fingerprint density at radius 3 is 2.36 bits per heavy atom. The number of carbonyl (C=O) groups is 2. The number of benzene rings is 1. The number of hydrogen-bond acceptors (Lipinski definition) is 4. The van der Waals surface area contributed by atoms with E-state index in [1.165, 1.54) is 12.5 Å². The van der Waals surface area contributed by atoms with E-state index < -0.39 is 0 Å². The van der Waals surface area contributed by atoms with Gasteiger partial charge in [0.25, 0.3) is 5.91 Å². The summed E-state index contributed by atoms with van der Waals surface area (Å²) in [5, 5.41) is 2.97. The van der Waals surface area contributed by atoms with Gasteiger partial charge >= 0.3 is 0 Å². The highest BCUT2D eigenvalue weighted by Crippen LogP contribution is 2.22. The minimum atomic E-state index is -0.0677. The van der Waals surface area contributed by atoms with E-state index >= 15 is 0 Å². The highest BCUT2D eigenvalue weighted by molar-refractivity contribution is 5.95. The van der Waals surface area contributed by atoms with E-state index in [0.29, 0.717) is 31.5 Å². The van der Waals surface area contributed by atoms with Crippen molar-refractivity contribution in [2.75, 3.05) is 37.4 Å². The molecule has 0 saturated carbocycles. The summed E-state index contributed by atoms with van der Waals surface area (Å²) in [4.78, 5) is 28.5. The predicted octanol–water partition coefficient (Wildman–Crippen LogP) is 2.84. The standard InChI is InChI=1S/C19H23N3O3/c1-21(2)17-5-3-16(4-6-17)20-18(23)14-7-10-22(11-8-14)19(24)15-9-12-25-13-15/h3-6,9,12-14H,7-8,10-11H2,1-2H3,(H,20,23). The lowest BCUT2D eigenvalue weighted by atomic mass is 9.95. The average Bonchev–Trinajstić information content (AvgIpc) is 3.16. The molecular formula is C19H23N3O3. The second-order valence-corrected chi connectivity index (χ2v) is 6.51. The number of amides is 2. The van der Waals surface area contributed by atoms with Crippen molar-refractivity contribution in [3.8, 4) is 0 Å². The first-order chi connectivity index (χ1) is 12.0. The summed E-state index contributed by atoms with van der Waals surface area (Å²) < 4.78 is 4.96. The molecule has 1 aromatic heterocycles. The summed E-state index contributed by atoms with van der Waals surface area (Å²) in [6, 6.07) is 9.43. The Morgan fingerprint density at radius 2 is 1.80 bits per heavy atom. The summed E-state index contributed by atoms with van der Waals surface area (Å²) in [7, 11) is 3.96. The zero-order chi connectivity index (χ0) is 17.8. The van der Waals surface area contributed by atoms with Crippen LogP contribution in [0.15, 0.2) is 47.3 Å². The van der Waals surface area contributed by atoms with Gasteiger partial charge in [-0.2, -0.15) is 0 Å². The highest BCUT2D eigenvalue weighted by Gasteiger charge is 2.28. The van der Waals surface area contributed by atoms with Gasteiger partial charge in [0.05, 0.1) is 11.8 Å². The van der Waals surface area contributed by atoms with E-state index in [4.69, 9.17) is 4.42 Å². The van der Waals surface area contributed by atoms with Crippen molar-refractivity contribution in [1.82, 2.24) is 4.90 Å². The van der Waals surface area contributed by atoms with Gasteiger partial charge in [-0.15, -0.1) is 0 Å². The van der Waals surface area contributed by atoms with E-state index in [0.717, 1.165) is 11.4 Å². The molecule has 0 spiro atoms. The number of carbonyl (C=O) groups excluding carboxylic acids is 2. The number of anilines is 2. The minimum absolute atomic E-state index is 0.0213. The second kappa shape index (κ2) is 7.42. The summed E-state index contributed by atoms with van der Waals surface area (Å²) in [6.45, 7) is 1.17. The molecule has 1 aliphatic rings. The molecule has 0 aliphatic carbocycles.